The van der Waals surface area contributed by atoms with Crippen LogP contribution in [0.25, 0.3) is 16.2 Å². The molecule has 0 amide bonds. The quantitative estimate of drug-likeness (QED) is 0.528. The minimum atomic E-state index is -3.81. The fourth-order valence-corrected chi connectivity index (χ4v) is 4.39. The van der Waals surface area contributed by atoms with Gasteiger partial charge in [-0.25, -0.2) is 17.7 Å². The van der Waals surface area contributed by atoms with Crippen LogP contribution in [0.2, 0.25) is 5.02 Å². The Morgan fingerprint density at radius 3 is 2.70 bits per heavy atom. The van der Waals surface area contributed by atoms with Gasteiger partial charge in [-0.2, -0.15) is 4.98 Å². The molecule has 4 aromatic rings. The summed E-state index contributed by atoms with van der Waals surface area (Å²) in [6, 6.07) is 13.4. The van der Waals surface area contributed by atoms with Crippen molar-refractivity contribution in [3.63, 3.8) is 0 Å². The minimum Gasteiger partial charge on any atom is -0.497 e. The van der Waals surface area contributed by atoms with E-state index >= 15 is 0 Å². The number of thiazole rings is 1. The number of benzene rings is 2. The van der Waals surface area contributed by atoms with Crippen molar-refractivity contribution in [1.82, 2.24) is 14.6 Å². The Labute approximate surface area is 164 Å². The van der Waals surface area contributed by atoms with Crippen LogP contribution in [0, 0.1) is 0 Å². The van der Waals surface area contributed by atoms with Crippen LogP contribution in [-0.4, -0.2) is 30.1 Å². The van der Waals surface area contributed by atoms with Gasteiger partial charge in [0.15, 0.2) is 0 Å². The van der Waals surface area contributed by atoms with E-state index < -0.39 is 10.0 Å². The highest BCUT2D eigenvalue weighted by Crippen LogP contribution is 2.28. The van der Waals surface area contributed by atoms with E-state index in [-0.39, 0.29) is 10.8 Å². The molecule has 138 valence electrons. The summed E-state index contributed by atoms with van der Waals surface area (Å²) >= 11 is 7.17. The number of nitrogens with zero attached hydrogens (tertiary/aromatic N) is 3. The number of halogens is 1. The first-order valence-corrected chi connectivity index (χ1v) is 10.5. The number of aromatic nitrogens is 3. The predicted octanol–water partition coefficient (Wildman–Crippen LogP) is 3.92. The van der Waals surface area contributed by atoms with Crippen LogP contribution < -0.4 is 9.46 Å². The Hall–Kier alpha value is -2.62. The summed E-state index contributed by atoms with van der Waals surface area (Å²) in [5, 5.41) is 6.65. The molecule has 7 nitrogen and oxygen atoms in total. The average Bonchev–Trinajstić information content (AvgIpc) is 3.21. The van der Waals surface area contributed by atoms with E-state index in [9.17, 15) is 8.42 Å². The van der Waals surface area contributed by atoms with Crippen LogP contribution in [0.4, 0.5) is 5.95 Å². The van der Waals surface area contributed by atoms with Gasteiger partial charge in [-0.3, -0.25) is 0 Å². The summed E-state index contributed by atoms with van der Waals surface area (Å²) in [5.41, 5.74) is 1.68. The van der Waals surface area contributed by atoms with Gasteiger partial charge in [-0.15, -0.1) is 16.4 Å². The normalized spacial score (nSPS) is 11.6. The van der Waals surface area contributed by atoms with Gasteiger partial charge in [-0.1, -0.05) is 23.7 Å². The smallest absolute Gasteiger partial charge is 0.264 e. The van der Waals surface area contributed by atoms with Gasteiger partial charge in [-0.05, 0) is 36.4 Å². The highest BCUT2D eigenvalue weighted by molar-refractivity contribution is 7.92. The molecule has 4 rings (SSSR count). The van der Waals surface area contributed by atoms with Crippen LogP contribution in [0.5, 0.6) is 5.75 Å². The van der Waals surface area contributed by atoms with Crippen molar-refractivity contribution in [1.29, 1.82) is 0 Å². The van der Waals surface area contributed by atoms with Crippen molar-refractivity contribution in [2.45, 2.75) is 4.90 Å². The standard InChI is InChI=1S/C17H13ClN4O3S2/c1-25-13-4-2-3-11(9-13)15-10-26-17-19-16(20-22(15)17)21-27(23,24)14-7-5-12(18)6-8-14/h2-10H,1H3,(H,20,21). The Kier molecular flexibility index (Phi) is 4.50. The van der Waals surface area contributed by atoms with Crippen molar-refractivity contribution in [2.75, 3.05) is 11.8 Å². The van der Waals surface area contributed by atoms with Gasteiger partial charge in [0.25, 0.3) is 16.0 Å². The molecule has 0 unspecified atom stereocenters. The molecule has 0 aliphatic carbocycles. The number of nitrogens with one attached hydrogen (secondary N) is 1. The molecule has 1 N–H and O–H groups in total. The van der Waals surface area contributed by atoms with Gasteiger partial charge < -0.3 is 4.74 Å². The first-order chi connectivity index (χ1) is 13.0. The van der Waals surface area contributed by atoms with Crippen molar-refractivity contribution in [3.8, 4) is 17.0 Å². The number of hydrogen-bond acceptors (Lipinski definition) is 6. The van der Waals surface area contributed by atoms with Crippen LogP contribution in [0.15, 0.2) is 58.8 Å². The van der Waals surface area contributed by atoms with E-state index in [4.69, 9.17) is 16.3 Å². The highest BCUT2D eigenvalue weighted by atomic mass is 35.5. The molecular formula is C17H13ClN4O3S2. The third-order valence-corrected chi connectivity index (χ3v) is 6.21. The fourth-order valence-electron chi connectivity index (χ4n) is 2.50. The second-order valence-electron chi connectivity index (χ2n) is 5.54. The molecule has 0 bridgehead atoms. The van der Waals surface area contributed by atoms with E-state index in [1.807, 2.05) is 29.6 Å². The summed E-state index contributed by atoms with van der Waals surface area (Å²) in [6.07, 6.45) is 0. The van der Waals surface area contributed by atoms with E-state index in [0.717, 1.165) is 17.0 Å². The molecule has 0 aliphatic rings. The minimum absolute atomic E-state index is 0.000876. The zero-order valence-corrected chi connectivity index (χ0v) is 16.3. The molecule has 0 saturated heterocycles. The molecular weight excluding hydrogens is 408 g/mol. The topological polar surface area (TPSA) is 85.6 Å². The highest BCUT2D eigenvalue weighted by Gasteiger charge is 2.19. The van der Waals surface area contributed by atoms with Gasteiger partial charge in [0, 0.05) is 16.0 Å². The third-order valence-electron chi connectivity index (χ3n) is 3.80. The molecule has 0 atom stereocenters. The van der Waals surface area contributed by atoms with E-state index in [1.165, 1.54) is 35.6 Å². The zero-order chi connectivity index (χ0) is 19.0. The molecule has 2 heterocycles. The van der Waals surface area contributed by atoms with Crippen LogP contribution in [0.1, 0.15) is 0 Å². The Morgan fingerprint density at radius 2 is 1.96 bits per heavy atom. The van der Waals surface area contributed by atoms with Crippen LogP contribution in [-0.2, 0) is 10.0 Å². The monoisotopic (exact) mass is 420 g/mol. The first kappa shape index (κ1) is 17.8. The van der Waals surface area contributed by atoms with E-state index in [2.05, 4.69) is 14.8 Å². The number of fused-ring (bicyclic) bond motifs is 1. The lowest BCUT2D eigenvalue weighted by molar-refractivity contribution is 0.415. The number of ether oxygens (including phenoxy) is 1. The summed E-state index contributed by atoms with van der Waals surface area (Å²) in [4.78, 5) is 4.90. The van der Waals surface area contributed by atoms with Crippen LogP contribution >= 0.6 is 22.9 Å². The first-order valence-electron chi connectivity index (χ1n) is 7.73. The Bertz CT molecular complexity index is 1220. The van der Waals surface area contributed by atoms with Gasteiger partial charge in [0.1, 0.15) is 5.75 Å². The SMILES string of the molecule is COc1cccc(-c2csc3nc(NS(=O)(=O)c4ccc(Cl)cc4)nn23)c1. The van der Waals surface area contributed by atoms with Crippen LogP contribution in [0.3, 0.4) is 0 Å². The second-order valence-corrected chi connectivity index (χ2v) is 8.50. The predicted molar refractivity (Wildman–Crippen MR) is 105 cm³/mol. The fraction of sp³-hybridized carbons (Fsp3) is 0.0588. The Morgan fingerprint density at radius 1 is 1.19 bits per heavy atom. The number of methoxy groups -OCH3 is 1. The van der Waals surface area contributed by atoms with Gasteiger partial charge in [0.05, 0.1) is 17.7 Å². The molecule has 27 heavy (non-hydrogen) atoms. The van der Waals surface area contributed by atoms with E-state index in [1.54, 1.807) is 11.6 Å². The zero-order valence-electron chi connectivity index (χ0n) is 14.0. The lowest BCUT2D eigenvalue weighted by Gasteiger charge is -2.04. The molecule has 2 aromatic carbocycles. The van der Waals surface area contributed by atoms with Gasteiger partial charge in [0.2, 0.25) is 4.96 Å². The molecule has 0 radical (unpaired) electrons. The molecule has 10 heteroatoms. The molecule has 0 saturated carbocycles. The number of sulfonamides is 1. The average molecular weight is 421 g/mol. The third kappa shape index (κ3) is 3.48. The second kappa shape index (κ2) is 6.84. The maximum Gasteiger partial charge on any atom is 0.264 e. The molecule has 0 fully saturated rings. The largest absolute Gasteiger partial charge is 0.497 e. The van der Waals surface area contributed by atoms with E-state index in [0.29, 0.717) is 9.98 Å². The number of anilines is 1. The maximum atomic E-state index is 12.5. The molecule has 0 aliphatic heterocycles. The maximum absolute atomic E-state index is 12.5. The Balaban J connectivity index is 1.68. The lowest BCUT2D eigenvalue weighted by atomic mass is 10.2. The van der Waals surface area contributed by atoms with Crippen molar-refractivity contribution in [3.05, 3.63) is 58.9 Å². The molecule has 2 aromatic heterocycles. The lowest BCUT2D eigenvalue weighted by Crippen LogP contribution is -2.14. The van der Waals surface area contributed by atoms with Crippen molar-refractivity contribution in [2.24, 2.45) is 0 Å². The molecule has 0 spiro atoms. The summed E-state index contributed by atoms with van der Waals surface area (Å²) in [7, 11) is -2.21. The van der Waals surface area contributed by atoms with Crippen molar-refractivity contribution < 1.29 is 13.2 Å². The summed E-state index contributed by atoms with van der Waals surface area (Å²) in [6.45, 7) is 0. The van der Waals surface area contributed by atoms with Gasteiger partial charge >= 0.3 is 0 Å². The van der Waals surface area contributed by atoms with Crippen molar-refractivity contribution >= 4 is 43.9 Å². The summed E-state index contributed by atoms with van der Waals surface area (Å²) < 4.78 is 34.2. The number of rotatable bonds is 5. The summed E-state index contributed by atoms with van der Waals surface area (Å²) in [5.74, 6) is 0.719. The number of hydrogen-bond donors (Lipinski definition) is 1.